The van der Waals surface area contributed by atoms with Crippen LogP contribution in [-0.2, 0) is 14.4 Å². The van der Waals surface area contributed by atoms with E-state index in [1.165, 1.54) is 0 Å². The molecule has 1 heterocycles. The quantitative estimate of drug-likeness (QED) is 0.494. The van der Waals surface area contributed by atoms with Gasteiger partial charge in [-0.05, 0) is 54.7 Å². The molecule has 3 amide bonds. The van der Waals surface area contributed by atoms with Gasteiger partial charge in [-0.2, -0.15) is 0 Å². The fourth-order valence-electron chi connectivity index (χ4n) is 5.09. The molecule has 1 aliphatic heterocycles. The van der Waals surface area contributed by atoms with Crippen LogP contribution in [0.25, 0.3) is 11.1 Å². The number of amides is 3. The fourth-order valence-corrected chi connectivity index (χ4v) is 5.09. The van der Waals surface area contributed by atoms with Crippen molar-refractivity contribution < 1.29 is 14.4 Å². The molecule has 184 valence electrons. The third kappa shape index (κ3) is 5.31. The third-order valence-electron chi connectivity index (χ3n) is 7.03. The topological polar surface area (TPSA) is 92.5 Å². The van der Waals surface area contributed by atoms with E-state index in [1.807, 2.05) is 67.3 Å². The number of nitrogens with one attached hydrogen (secondary N) is 1. The van der Waals surface area contributed by atoms with E-state index in [9.17, 15) is 14.4 Å². The lowest BCUT2D eigenvalue weighted by atomic mass is 9.82. The van der Waals surface area contributed by atoms with E-state index in [-0.39, 0.29) is 17.7 Å². The van der Waals surface area contributed by atoms with Gasteiger partial charge < -0.3 is 16.0 Å². The Labute approximate surface area is 207 Å². The molecule has 3 atom stereocenters. The number of hydrogen-bond acceptors (Lipinski definition) is 3. The molecule has 6 nitrogen and oxygen atoms in total. The van der Waals surface area contributed by atoms with E-state index < -0.39 is 23.8 Å². The summed E-state index contributed by atoms with van der Waals surface area (Å²) in [5, 5.41) is 3.05. The second-order valence-electron chi connectivity index (χ2n) is 10.2. The molecule has 0 saturated heterocycles. The highest BCUT2D eigenvalue weighted by Gasteiger charge is 2.40. The number of fused-ring (bicyclic) bond motifs is 3. The first-order valence-corrected chi connectivity index (χ1v) is 12.5. The summed E-state index contributed by atoms with van der Waals surface area (Å²) in [4.78, 5) is 41.9. The lowest BCUT2D eigenvalue weighted by Crippen LogP contribution is -2.47. The van der Waals surface area contributed by atoms with E-state index in [1.54, 1.807) is 6.08 Å². The summed E-state index contributed by atoms with van der Waals surface area (Å²) in [5.74, 6) is -1.67. The minimum Gasteiger partial charge on any atom is -0.369 e. The summed E-state index contributed by atoms with van der Waals surface area (Å²) >= 11 is 0. The van der Waals surface area contributed by atoms with Crippen LogP contribution in [0, 0.1) is 23.7 Å². The molecule has 1 unspecified atom stereocenters. The van der Waals surface area contributed by atoms with Crippen molar-refractivity contribution in [2.45, 2.75) is 45.6 Å². The molecule has 3 N–H and O–H groups in total. The maximum Gasteiger partial charge on any atom is 0.254 e. The van der Waals surface area contributed by atoms with Gasteiger partial charge in [0.25, 0.3) is 5.91 Å². The number of allylic oxidation sites excluding steroid dienone is 1. The number of nitrogens with zero attached hydrogens (tertiary/aromatic N) is 1. The summed E-state index contributed by atoms with van der Waals surface area (Å²) in [6.07, 6.45) is 4.63. The molecule has 2 aromatic carbocycles. The van der Waals surface area contributed by atoms with Crippen LogP contribution in [0.1, 0.15) is 51.1 Å². The SMILES string of the molecule is C=CC[C@H](C(N)=O)[C@@H](CC(C)C)C(=O)NC1C(=O)N(CC2CC2)c2ccccc2-c2ccccc21. The molecule has 0 spiro atoms. The number of nitrogens with two attached hydrogens (primary N) is 1. The molecular formula is C29H35N3O3. The van der Waals surface area contributed by atoms with Crippen molar-refractivity contribution in [3.05, 3.63) is 66.7 Å². The monoisotopic (exact) mass is 473 g/mol. The summed E-state index contributed by atoms with van der Waals surface area (Å²) in [6.45, 7) is 8.38. The maximum absolute atomic E-state index is 14.0. The van der Waals surface area contributed by atoms with Gasteiger partial charge in [0.05, 0.1) is 17.5 Å². The largest absolute Gasteiger partial charge is 0.369 e. The lowest BCUT2D eigenvalue weighted by molar-refractivity contribution is -0.135. The van der Waals surface area contributed by atoms with Crippen molar-refractivity contribution >= 4 is 23.4 Å². The Bertz CT molecular complexity index is 1120. The summed E-state index contributed by atoms with van der Waals surface area (Å²) in [5.41, 5.74) is 9.24. The van der Waals surface area contributed by atoms with Crippen molar-refractivity contribution in [3.63, 3.8) is 0 Å². The van der Waals surface area contributed by atoms with Gasteiger partial charge in [0.2, 0.25) is 11.8 Å². The average Bonchev–Trinajstić information content (AvgIpc) is 3.67. The normalized spacial score (nSPS) is 18.8. The average molecular weight is 474 g/mol. The van der Waals surface area contributed by atoms with Gasteiger partial charge in [0.15, 0.2) is 0 Å². The van der Waals surface area contributed by atoms with Crippen LogP contribution in [0.15, 0.2) is 61.2 Å². The Balaban J connectivity index is 1.74. The van der Waals surface area contributed by atoms with Crippen LogP contribution in [0.4, 0.5) is 5.69 Å². The summed E-state index contributed by atoms with van der Waals surface area (Å²) < 4.78 is 0. The van der Waals surface area contributed by atoms with Gasteiger partial charge in [0.1, 0.15) is 6.04 Å². The number of carbonyl (C=O) groups is 3. The highest BCUT2D eigenvalue weighted by molar-refractivity contribution is 6.06. The predicted octanol–water partition coefficient (Wildman–Crippen LogP) is 4.61. The first-order chi connectivity index (χ1) is 16.8. The van der Waals surface area contributed by atoms with E-state index in [2.05, 4.69) is 11.9 Å². The van der Waals surface area contributed by atoms with Crippen molar-refractivity contribution in [1.29, 1.82) is 0 Å². The van der Waals surface area contributed by atoms with Gasteiger partial charge in [-0.3, -0.25) is 14.4 Å². The van der Waals surface area contributed by atoms with Crippen LogP contribution < -0.4 is 16.0 Å². The number of primary amides is 1. The minimum absolute atomic E-state index is 0.148. The number of rotatable bonds is 10. The van der Waals surface area contributed by atoms with Gasteiger partial charge in [0, 0.05) is 12.1 Å². The number of benzene rings is 2. The van der Waals surface area contributed by atoms with Crippen LogP contribution in [0.3, 0.4) is 0 Å². The first-order valence-electron chi connectivity index (χ1n) is 12.5. The maximum atomic E-state index is 14.0. The zero-order valence-corrected chi connectivity index (χ0v) is 20.6. The van der Waals surface area contributed by atoms with Crippen LogP contribution in [0.2, 0.25) is 0 Å². The Kier molecular flexibility index (Phi) is 7.39. The predicted molar refractivity (Wildman–Crippen MR) is 138 cm³/mol. The van der Waals surface area contributed by atoms with E-state index in [0.29, 0.717) is 25.3 Å². The van der Waals surface area contributed by atoms with Crippen molar-refractivity contribution in [2.75, 3.05) is 11.4 Å². The van der Waals surface area contributed by atoms with Crippen molar-refractivity contribution in [3.8, 4) is 11.1 Å². The Morgan fingerprint density at radius 1 is 1.09 bits per heavy atom. The zero-order chi connectivity index (χ0) is 25.1. The highest BCUT2D eigenvalue weighted by Crippen LogP contribution is 2.42. The number of anilines is 1. The second kappa shape index (κ2) is 10.5. The van der Waals surface area contributed by atoms with Crippen LogP contribution >= 0.6 is 0 Å². The van der Waals surface area contributed by atoms with E-state index in [0.717, 1.165) is 35.2 Å². The smallest absolute Gasteiger partial charge is 0.254 e. The van der Waals surface area contributed by atoms with E-state index >= 15 is 0 Å². The summed E-state index contributed by atoms with van der Waals surface area (Å²) in [6, 6.07) is 14.8. The summed E-state index contributed by atoms with van der Waals surface area (Å²) in [7, 11) is 0. The number of para-hydroxylation sites is 1. The molecular weight excluding hydrogens is 438 g/mol. The van der Waals surface area contributed by atoms with Crippen molar-refractivity contribution in [2.24, 2.45) is 29.4 Å². The molecule has 4 rings (SSSR count). The van der Waals surface area contributed by atoms with Gasteiger partial charge in [-0.15, -0.1) is 6.58 Å². The molecule has 0 bridgehead atoms. The fraction of sp³-hybridized carbons (Fsp3) is 0.414. The molecule has 0 radical (unpaired) electrons. The highest BCUT2D eigenvalue weighted by atomic mass is 16.2. The van der Waals surface area contributed by atoms with E-state index in [4.69, 9.17) is 5.73 Å². The Hall–Kier alpha value is -3.41. The van der Waals surface area contributed by atoms with Crippen molar-refractivity contribution in [1.82, 2.24) is 5.32 Å². The molecule has 35 heavy (non-hydrogen) atoms. The van der Waals surface area contributed by atoms with Gasteiger partial charge in [-0.25, -0.2) is 0 Å². The van der Waals surface area contributed by atoms with Gasteiger partial charge >= 0.3 is 0 Å². The molecule has 2 aromatic rings. The Morgan fingerprint density at radius 2 is 1.74 bits per heavy atom. The van der Waals surface area contributed by atoms with Gasteiger partial charge in [-0.1, -0.05) is 62.4 Å². The lowest BCUT2D eigenvalue weighted by Gasteiger charge is -2.30. The minimum atomic E-state index is -0.850. The van der Waals surface area contributed by atoms with Crippen LogP contribution in [0.5, 0.6) is 0 Å². The molecule has 1 saturated carbocycles. The number of carbonyl (C=O) groups excluding carboxylic acids is 3. The third-order valence-corrected chi connectivity index (χ3v) is 7.03. The molecule has 6 heteroatoms. The molecule has 2 aliphatic rings. The second-order valence-corrected chi connectivity index (χ2v) is 10.2. The molecule has 1 fully saturated rings. The molecule has 1 aliphatic carbocycles. The zero-order valence-electron chi connectivity index (χ0n) is 20.6. The molecule has 0 aromatic heterocycles. The number of hydrogen-bond donors (Lipinski definition) is 2. The van der Waals surface area contributed by atoms with Crippen LogP contribution in [-0.4, -0.2) is 24.3 Å². The Morgan fingerprint density at radius 3 is 2.37 bits per heavy atom. The standard InChI is InChI=1S/C29H35N3O3/c1-4-9-23(27(30)33)24(16-18(2)3)28(34)31-26-22-12-6-5-10-20(22)21-11-7-8-13-25(21)32(29(26)35)17-19-14-15-19/h4-8,10-13,18-19,23-24,26H,1,9,14-17H2,2-3H3,(H2,30,33)(H,31,34)/t23-,24+,26?/m0/s1. The first kappa shape index (κ1) is 24.7.